The van der Waals surface area contributed by atoms with E-state index in [4.69, 9.17) is 4.74 Å². The van der Waals surface area contributed by atoms with Crippen molar-refractivity contribution in [3.05, 3.63) is 65.2 Å². The van der Waals surface area contributed by atoms with E-state index < -0.39 is 0 Å². The molecule has 0 saturated carbocycles. The van der Waals surface area contributed by atoms with Gasteiger partial charge in [-0.25, -0.2) is 0 Å². The molecule has 0 radical (unpaired) electrons. The Morgan fingerprint density at radius 2 is 1.94 bits per heavy atom. The van der Waals surface area contributed by atoms with E-state index in [2.05, 4.69) is 42.5 Å². The van der Waals surface area contributed by atoms with Crippen LogP contribution in [0.3, 0.4) is 0 Å². The van der Waals surface area contributed by atoms with Crippen LogP contribution in [0.2, 0.25) is 0 Å². The summed E-state index contributed by atoms with van der Waals surface area (Å²) in [5, 5.41) is 0. The molecular formula is C16H16O. The van der Waals surface area contributed by atoms with E-state index in [-0.39, 0.29) is 0 Å². The summed E-state index contributed by atoms with van der Waals surface area (Å²) < 4.78 is 5.30. The standard InChI is InChI=1S/C16H16O/c1-17-14-7-4-6-13(11-14)16-10-9-12-5-2-3-8-15(12)16/h2-8,11,16H,9-10H2,1H3. The Morgan fingerprint density at radius 3 is 2.82 bits per heavy atom. The monoisotopic (exact) mass is 224 g/mol. The number of hydrogen-bond acceptors (Lipinski definition) is 1. The Labute approximate surface area is 102 Å². The van der Waals surface area contributed by atoms with Crippen LogP contribution in [0.15, 0.2) is 48.5 Å². The van der Waals surface area contributed by atoms with Crippen LogP contribution in [0.4, 0.5) is 0 Å². The molecule has 0 amide bonds. The van der Waals surface area contributed by atoms with Crippen molar-refractivity contribution in [2.75, 3.05) is 7.11 Å². The first-order chi connectivity index (χ1) is 8.38. The summed E-state index contributed by atoms with van der Waals surface area (Å²) in [6, 6.07) is 17.2. The molecule has 3 rings (SSSR count). The van der Waals surface area contributed by atoms with Crippen LogP contribution in [-0.2, 0) is 6.42 Å². The molecule has 1 aliphatic carbocycles. The van der Waals surface area contributed by atoms with Crippen LogP contribution in [0.1, 0.15) is 29.0 Å². The Balaban J connectivity index is 2.01. The molecule has 0 saturated heterocycles. The average Bonchev–Trinajstić information content (AvgIpc) is 2.82. The van der Waals surface area contributed by atoms with E-state index in [9.17, 15) is 0 Å². The van der Waals surface area contributed by atoms with Gasteiger partial charge in [0, 0.05) is 5.92 Å². The van der Waals surface area contributed by atoms with Crippen molar-refractivity contribution in [3.8, 4) is 5.75 Å². The zero-order chi connectivity index (χ0) is 11.7. The number of aryl methyl sites for hydroxylation is 1. The highest BCUT2D eigenvalue weighted by atomic mass is 16.5. The largest absolute Gasteiger partial charge is 0.497 e. The maximum atomic E-state index is 5.30. The van der Waals surface area contributed by atoms with Gasteiger partial charge in [0.25, 0.3) is 0 Å². The molecule has 1 atom stereocenters. The van der Waals surface area contributed by atoms with Gasteiger partial charge in [0.1, 0.15) is 5.75 Å². The first-order valence-corrected chi connectivity index (χ1v) is 6.10. The van der Waals surface area contributed by atoms with Crippen molar-refractivity contribution < 1.29 is 4.74 Å². The second-order valence-electron chi connectivity index (χ2n) is 4.57. The highest BCUT2D eigenvalue weighted by Gasteiger charge is 2.23. The fourth-order valence-electron chi connectivity index (χ4n) is 2.76. The summed E-state index contributed by atoms with van der Waals surface area (Å²) in [6.07, 6.45) is 2.41. The summed E-state index contributed by atoms with van der Waals surface area (Å²) in [5.74, 6) is 1.49. The summed E-state index contributed by atoms with van der Waals surface area (Å²) >= 11 is 0. The lowest BCUT2D eigenvalue weighted by molar-refractivity contribution is 0.414. The van der Waals surface area contributed by atoms with Gasteiger partial charge in [-0.2, -0.15) is 0 Å². The molecule has 1 nitrogen and oxygen atoms in total. The van der Waals surface area contributed by atoms with Crippen molar-refractivity contribution in [1.82, 2.24) is 0 Å². The van der Waals surface area contributed by atoms with Crippen molar-refractivity contribution in [1.29, 1.82) is 0 Å². The highest BCUT2D eigenvalue weighted by molar-refractivity contribution is 5.43. The second kappa shape index (κ2) is 4.25. The highest BCUT2D eigenvalue weighted by Crippen LogP contribution is 2.38. The van der Waals surface area contributed by atoms with Gasteiger partial charge in [-0.05, 0) is 41.7 Å². The molecule has 0 N–H and O–H groups in total. The SMILES string of the molecule is COc1cccc(C2CCc3ccccc32)c1. The average molecular weight is 224 g/mol. The van der Waals surface area contributed by atoms with Crippen molar-refractivity contribution in [3.63, 3.8) is 0 Å². The van der Waals surface area contributed by atoms with Gasteiger partial charge in [-0.15, -0.1) is 0 Å². The van der Waals surface area contributed by atoms with Crippen molar-refractivity contribution in [2.24, 2.45) is 0 Å². The maximum absolute atomic E-state index is 5.30. The fraction of sp³-hybridized carbons (Fsp3) is 0.250. The van der Waals surface area contributed by atoms with Gasteiger partial charge in [0.2, 0.25) is 0 Å². The number of methoxy groups -OCH3 is 1. The molecule has 0 fully saturated rings. The molecule has 2 aromatic carbocycles. The van der Waals surface area contributed by atoms with E-state index in [1.54, 1.807) is 7.11 Å². The number of benzene rings is 2. The second-order valence-corrected chi connectivity index (χ2v) is 4.57. The third kappa shape index (κ3) is 1.82. The predicted molar refractivity (Wildman–Crippen MR) is 69.6 cm³/mol. The lowest BCUT2D eigenvalue weighted by Crippen LogP contribution is -1.96. The van der Waals surface area contributed by atoms with Crippen LogP contribution in [0, 0.1) is 0 Å². The van der Waals surface area contributed by atoms with E-state index in [0.717, 1.165) is 5.75 Å². The van der Waals surface area contributed by atoms with Crippen LogP contribution >= 0.6 is 0 Å². The summed E-state index contributed by atoms with van der Waals surface area (Å²) in [4.78, 5) is 0. The summed E-state index contributed by atoms with van der Waals surface area (Å²) in [7, 11) is 1.72. The normalized spacial score (nSPS) is 17.8. The van der Waals surface area contributed by atoms with E-state index >= 15 is 0 Å². The Kier molecular flexibility index (Phi) is 2.60. The quantitative estimate of drug-likeness (QED) is 0.754. The predicted octanol–water partition coefficient (Wildman–Crippen LogP) is 3.77. The molecule has 0 bridgehead atoms. The van der Waals surface area contributed by atoms with Crippen molar-refractivity contribution >= 4 is 0 Å². The Hall–Kier alpha value is -1.76. The van der Waals surface area contributed by atoms with Gasteiger partial charge in [-0.1, -0.05) is 36.4 Å². The molecule has 0 spiro atoms. The molecule has 2 aromatic rings. The van der Waals surface area contributed by atoms with Gasteiger partial charge in [0.15, 0.2) is 0 Å². The first kappa shape index (κ1) is 10.4. The first-order valence-electron chi connectivity index (χ1n) is 6.10. The number of hydrogen-bond donors (Lipinski definition) is 0. The molecule has 1 unspecified atom stereocenters. The minimum absolute atomic E-state index is 0.543. The molecule has 17 heavy (non-hydrogen) atoms. The molecule has 0 heterocycles. The van der Waals surface area contributed by atoms with Gasteiger partial charge in [-0.3, -0.25) is 0 Å². The fourth-order valence-corrected chi connectivity index (χ4v) is 2.76. The smallest absolute Gasteiger partial charge is 0.119 e. The van der Waals surface area contributed by atoms with Crippen LogP contribution in [0.5, 0.6) is 5.75 Å². The summed E-state index contributed by atoms with van der Waals surface area (Å²) in [5.41, 5.74) is 4.36. The lowest BCUT2D eigenvalue weighted by atomic mass is 9.93. The van der Waals surface area contributed by atoms with Gasteiger partial charge in [0.05, 0.1) is 7.11 Å². The third-order valence-electron chi connectivity index (χ3n) is 3.63. The van der Waals surface area contributed by atoms with Crippen LogP contribution < -0.4 is 4.74 Å². The number of fused-ring (bicyclic) bond motifs is 1. The van der Waals surface area contributed by atoms with Crippen LogP contribution in [0.25, 0.3) is 0 Å². The molecule has 1 aliphatic rings. The topological polar surface area (TPSA) is 9.23 Å². The molecule has 0 aromatic heterocycles. The minimum Gasteiger partial charge on any atom is -0.497 e. The molecule has 0 aliphatic heterocycles. The maximum Gasteiger partial charge on any atom is 0.119 e. The van der Waals surface area contributed by atoms with Gasteiger partial charge < -0.3 is 4.74 Å². The van der Waals surface area contributed by atoms with E-state index in [1.807, 2.05) is 6.07 Å². The zero-order valence-electron chi connectivity index (χ0n) is 10.0. The third-order valence-corrected chi connectivity index (χ3v) is 3.63. The number of ether oxygens (including phenoxy) is 1. The Morgan fingerprint density at radius 1 is 1.06 bits per heavy atom. The van der Waals surface area contributed by atoms with Gasteiger partial charge >= 0.3 is 0 Å². The minimum atomic E-state index is 0.543. The summed E-state index contributed by atoms with van der Waals surface area (Å²) in [6.45, 7) is 0. The van der Waals surface area contributed by atoms with E-state index in [0.29, 0.717) is 5.92 Å². The Bertz CT molecular complexity index is 531. The molecular weight excluding hydrogens is 208 g/mol. The van der Waals surface area contributed by atoms with E-state index in [1.165, 1.54) is 29.5 Å². The lowest BCUT2D eigenvalue weighted by Gasteiger charge is -2.13. The van der Waals surface area contributed by atoms with Crippen LogP contribution in [-0.4, -0.2) is 7.11 Å². The number of rotatable bonds is 2. The molecule has 86 valence electrons. The molecule has 1 heteroatoms. The zero-order valence-corrected chi connectivity index (χ0v) is 10.0. The van der Waals surface area contributed by atoms with Crippen molar-refractivity contribution in [2.45, 2.75) is 18.8 Å².